The van der Waals surface area contributed by atoms with Crippen molar-refractivity contribution >= 4 is 23.7 Å². The predicted molar refractivity (Wildman–Crippen MR) is 121 cm³/mol. The number of amides is 5. The van der Waals surface area contributed by atoms with Gasteiger partial charge in [-0.15, -0.1) is 0 Å². The van der Waals surface area contributed by atoms with E-state index in [-0.39, 0.29) is 36.5 Å². The van der Waals surface area contributed by atoms with Gasteiger partial charge in [-0.1, -0.05) is 24.3 Å². The Labute approximate surface area is 204 Å². The van der Waals surface area contributed by atoms with Gasteiger partial charge in [0.05, 0.1) is 35.4 Å². The number of allylic oxidation sites excluding steroid dienone is 2. The summed E-state index contributed by atoms with van der Waals surface area (Å²) in [5.41, 5.74) is -0.482. The van der Waals surface area contributed by atoms with Crippen LogP contribution in [0.5, 0.6) is 0 Å². The zero-order valence-electron chi connectivity index (χ0n) is 18.9. The number of nitrogens with zero attached hydrogens (tertiary/aromatic N) is 3. The first-order chi connectivity index (χ1) is 17.2. The van der Waals surface area contributed by atoms with E-state index in [0.717, 1.165) is 28.0 Å². The number of carbonyl (C=O) groups is 3. The molecule has 188 valence electrons. The van der Waals surface area contributed by atoms with Crippen molar-refractivity contribution in [3.63, 3.8) is 0 Å². The van der Waals surface area contributed by atoms with Crippen LogP contribution in [0.2, 0.25) is 0 Å². The third kappa shape index (κ3) is 4.57. The highest BCUT2D eigenvalue weighted by atomic mass is 19.4. The van der Waals surface area contributed by atoms with Gasteiger partial charge in [0.1, 0.15) is 6.04 Å². The van der Waals surface area contributed by atoms with E-state index in [1.807, 2.05) is 0 Å². The van der Waals surface area contributed by atoms with Gasteiger partial charge >= 0.3 is 18.2 Å². The Morgan fingerprint density at radius 2 is 2.08 bits per heavy atom. The van der Waals surface area contributed by atoms with E-state index in [1.54, 1.807) is 18.2 Å². The average Bonchev–Trinajstić information content (AvgIpc) is 2.86. The lowest BCUT2D eigenvalue weighted by Gasteiger charge is -2.44. The Morgan fingerprint density at radius 3 is 2.72 bits per heavy atom. The third-order valence-corrected chi connectivity index (χ3v) is 6.05. The van der Waals surface area contributed by atoms with E-state index in [9.17, 15) is 32.8 Å². The molecule has 36 heavy (non-hydrogen) atoms. The van der Waals surface area contributed by atoms with Gasteiger partial charge in [0.25, 0.3) is 5.91 Å². The highest BCUT2D eigenvalue weighted by molar-refractivity contribution is 6.11. The summed E-state index contributed by atoms with van der Waals surface area (Å²) in [6.07, 6.45) is 0.582. The fraction of sp³-hybridized carbons (Fsp3) is 0.333. The molecule has 0 spiro atoms. The minimum absolute atomic E-state index is 0.0451. The number of benzene rings is 1. The fourth-order valence-electron chi connectivity index (χ4n) is 4.42. The van der Waals surface area contributed by atoms with Crippen LogP contribution in [0.3, 0.4) is 0 Å². The molecule has 0 saturated carbocycles. The van der Waals surface area contributed by atoms with Gasteiger partial charge in [-0.2, -0.15) is 18.4 Å². The molecule has 0 saturated heterocycles. The predicted octanol–water partition coefficient (Wildman–Crippen LogP) is 2.82. The summed E-state index contributed by atoms with van der Waals surface area (Å²) in [4.78, 5) is 41.8. The quantitative estimate of drug-likeness (QED) is 0.585. The number of nitrogens with one attached hydrogen (secondary N) is 2. The molecule has 2 aliphatic heterocycles. The van der Waals surface area contributed by atoms with Crippen LogP contribution in [0.4, 0.5) is 28.4 Å². The van der Waals surface area contributed by atoms with Gasteiger partial charge in [0.2, 0.25) is 0 Å². The zero-order valence-corrected chi connectivity index (χ0v) is 18.9. The molecule has 0 fully saturated rings. The van der Waals surface area contributed by atoms with E-state index >= 15 is 0 Å². The molecule has 12 heteroatoms. The second-order valence-electron chi connectivity index (χ2n) is 8.29. The van der Waals surface area contributed by atoms with Crippen molar-refractivity contribution in [2.45, 2.75) is 25.1 Å². The molecule has 2 heterocycles. The van der Waals surface area contributed by atoms with Gasteiger partial charge in [0, 0.05) is 25.2 Å². The molecule has 9 nitrogen and oxygen atoms in total. The van der Waals surface area contributed by atoms with Gasteiger partial charge in [-0.05, 0) is 30.2 Å². The molecule has 0 aromatic heterocycles. The molecule has 2 unspecified atom stereocenters. The number of halogens is 3. The smallest absolute Gasteiger partial charge is 0.395 e. The van der Waals surface area contributed by atoms with Crippen LogP contribution >= 0.6 is 0 Å². The molecule has 3 N–H and O–H groups in total. The Hall–Kier alpha value is -4.11. The Bertz CT molecular complexity index is 1230. The van der Waals surface area contributed by atoms with Crippen molar-refractivity contribution in [1.29, 1.82) is 5.26 Å². The minimum atomic E-state index is -4.67. The van der Waals surface area contributed by atoms with Crippen molar-refractivity contribution in [1.82, 2.24) is 15.5 Å². The van der Waals surface area contributed by atoms with Crippen molar-refractivity contribution < 1.29 is 32.7 Å². The monoisotopic (exact) mass is 501 g/mol. The van der Waals surface area contributed by atoms with Crippen LogP contribution in [0.1, 0.15) is 18.4 Å². The van der Waals surface area contributed by atoms with E-state index in [4.69, 9.17) is 5.11 Å². The number of aliphatic hydroxyl groups excluding tert-OH is 1. The number of hydrogen-bond acceptors (Lipinski definition) is 5. The number of alkyl halides is 3. The summed E-state index contributed by atoms with van der Waals surface area (Å²) in [6.45, 7) is -0.464. The normalized spacial score (nSPS) is 22.0. The summed E-state index contributed by atoms with van der Waals surface area (Å²) in [6, 6.07) is 3.13. The molecule has 0 bridgehead atoms. The lowest BCUT2D eigenvalue weighted by atomic mass is 9.85. The summed E-state index contributed by atoms with van der Waals surface area (Å²) in [5.74, 6) is -0.984. The highest BCUT2D eigenvalue weighted by Gasteiger charge is 2.48. The van der Waals surface area contributed by atoms with Crippen LogP contribution < -0.4 is 15.5 Å². The first-order valence-corrected chi connectivity index (χ1v) is 11.2. The summed E-state index contributed by atoms with van der Waals surface area (Å²) >= 11 is 0. The van der Waals surface area contributed by atoms with Crippen LogP contribution in [-0.2, 0) is 11.0 Å². The maximum Gasteiger partial charge on any atom is 0.416 e. The summed E-state index contributed by atoms with van der Waals surface area (Å²) in [5, 5.41) is 23.4. The summed E-state index contributed by atoms with van der Waals surface area (Å²) < 4.78 is 40.3. The number of nitriles is 1. The summed E-state index contributed by atoms with van der Waals surface area (Å²) in [7, 11) is 0. The molecule has 1 aromatic rings. The molecule has 4 rings (SSSR count). The third-order valence-electron chi connectivity index (χ3n) is 6.05. The van der Waals surface area contributed by atoms with Crippen molar-refractivity contribution in [3.05, 3.63) is 64.9 Å². The Kier molecular flexibility index (Phi) is 6.85. The standard InChI is InChI=1S/C24H22F3N5O4/c25-24(26,27)16-2-1-3-17(12-16)31-18-8-9-29-21(34)19(18)20(15-6-4-14(13-28)5-7-15)32(23(31)36)22(35)30-10-11-33/h1-4,6-7,12,14,20,33H,5,8-11H2,(H,29,34)(H,30,35). The first kappa shape index (κ1) is 25.0. The molecule has 0 radical (unpaired) electrons. The average molecular weight is 501 g/mol. The number of anilines is 1. The molecule has 3 aliphatic rings. The van der Waals surface area contributed by atoms with Crippen LogP contribution in [0.15, 0.2) is 59.3 Å². The number of hydrogen-bond donors (Lipinski definition) is 3. The van der Waals surface area contributed by atoms with Crippen LogP contribution in [-0.4, -0.2) is 53.7 Å². The van der Waals surface area contributed by atoms with E-state index < -0.39 is 48.3 Å². The fourth-order valence-corrected chi connectivity index (χ4v) is 4.42. The minimum Gasteiger partial charge on any atom is -0.395 e. The molecule has 1 aromatic carbocycles. The van der Waals surface area contributed by atoms with Crippen molar-refractivity contribution in [2.75, 3.05) is 24.6 Å². The number of aliphatic hydroxyl groups is 1. The van der Waals surface area contributed by atoms with E-state index in [1.165, 1.54) is 6.07 Å². The largest absolute Gasteiger partial charge is 0.416 e. The molecule has 5 amide bonds. The van der Waals surface area contributed by atoms with E-state index in [0.29, 0.717) is 12.0 Å². The van der Waals surface area contributed by atoms with Gasteiger partial charge in [-0.25, -0.2) is 14.5 Å². The highest BCUT2D eigenvalue weighted by Crippen LogP contribution is 2.40. The molecule has 1 aliphatic carbocycles. The molecule has 2 atom stereocenters. The first-order valence-electron chi connectivity index (χ1n) is 11.2. The van der Waals surface area contributed by atoms with E-state index in [2.05, 4.69) is 16.7 Å². The maximum absolute atomic E-state index is 13.8. The molecular formula is C24H22F3N5O4. The zero-order chi connectivity index (χ0) is 26.0. The van der Waals surface area contributed by atoms with Crippen LogP contribution in [0, 0.1) is 17.2 Å². The van der Waals surface area contributed by atoms with Crippen molar-refractivity contribution in [2.24, 2.45) is 5.92 Å². The number of rotatable bonds is 4. The second-order valence-corrected chi connectivity index (χ2v) is 8.29. The SMILES string of the molecule is N#CC1C=CC(C2C3=C(CCNC3=O)N(c3cccc(C(F)(F)F)c3)C(=O)N2C(=O)NCCO)=CC1. The number of urea groups is 2. The number of imide groups is 1. The topological polar surface area (TPSA) is 126 Å². The van der Waals surface area contributed by atoms with Gasteiger partial charge < -0.3 is 15.7 Å². The van der Waals surface area contributed by atoms with Gasteiger partial charge in [-0.3, -0.25) is 9.69 Å². The Morgan fingerprint density at radius 1 is 1.31 bits per heavy atom. The van der Waals surface area contributed by atoms with Crippen LogP contribution in [0.25, 0.3) is 0 Å². The maximum atomic E-state index is 13.8. The Balaban J connectivity index is 1.90. The molecular weight excluding hydrogens is 479 g/mol. The lowest BCUT2D eigenvalue weighted by molar-refractivity contribution is -0.137. The van der Waals surface area contributed by atoms with Crippen molar-refractivity contribution in [3.8, 4) is 6.07 Å². The lowest BCUT2D eigenvalue weighted by Crippen LogP contribution is -2.62. The second kappa shape index (κ2) is 9.87. The van der Waals surface area contributed by atoms with Gasteiger partial charge in [0.15, 0.2) is 0 Å². The number of carbonyl (C=O) groups excluding carboxylic acids is 3.